The summed E-state index contributed by atoms with van der Waals surface area (Å²) >= 11 is 1.86. The molecule has 0 spiro atoms. The van der Waals surface area contributed by atoms with Crippen molar-refractivity contribution in [2.45, 2.75) is 19.8 Å². The van der Waals surface area contributed by atoms with Crippen molar-refractivity contribution in [3.05, 3.63) is 29.6 Å². The lowest BCUT2D eigenvalue weighted by Crippen LogP contribution is -1.97. The Balaban J connectivity index is 2.33. The Kier molecular flexibility index (Phi) is 3.39. The van der Waals surface area contributed by atoms with Crippen LogP contribution in [0.5, 0.6) is 0 Å². The summed E-state index contributed by atoms with van der Waals surface area (Å²) in [6, 6.07) is 4.07. The molecule has 0 aliphatic heterocycles. The summed E-state index contributed by atoms with van der Waals surface area (Å²) in [6.45, 7) is 2.06. The number of nitrogen functional groups attached to an aromatic ring is 1. The van der Waals surface area contributed by atoms with Crippen LogP contribution in [0.2, 0.25) is 0 Å². The van der Waals surface area contributed by atoms with Crippen LogP contribution in [0.4, 0.5) is 5.82 Å². The molecular weight excluding hydrogens is 218 g/mol. The summed E-state index contributed by atoms with van der Waals surface area (Å²) < 4.78 is 1.98. The predicted molar refractivity (Wildman–Crippen MR) is 71.0 cm³/mol. The minimum atomic E-state index is 0.791. The molecule has 0 saturated heterocycles. The van der Waals surface area contributed by atoms with Crippen LogP contribution in [0.3, 0.4) is 0 Å². The average molecular weight is 235 g/mol. The number of nitrogens with zero attached hydrogens (tertiary/aromatic N) is 2. The number of pyridine rings is 1. The lowest BCUT2D eigenvalue weighted by atomic mass is 10.2. The third-order valence-corrected chi connectivity index (χ3v) is 3.42. The van der Waals surface area contributed by atoms with Gasteiger partial charge in [-0.25, -0.2) is 4.98 Å². The van der Waals surface area contributed by atoms with Crippen molar-refractivity contribution in [1.29, 1.82) is 0 Å². The van der Waals surface area contributed by atoms with Crippen molar-refractivity contribution in [1.82, 2.24) is 9.38 Å². The fourth-order valence-corrected chi connectivity index (χ4v) is 2.27. The van der Waals surface area contributed by atoms with Gasteiger partial charge in [-0.05, 0) is 43.4 Å². The van der Waals surface area contributed by atoms with Gasteiger partial charge < -0.3 is 5.73 Å². The van der Waals surface area contributed by atoms with Crippen molar-refractivity contribution in [3.63, 3.8) is 0 Å². The van der Waals surface area contributed by atoms with Gasteiger partial charge in [-0.1, -0.05) is 6.07 Å². The molecule has 2 N–H and O–H groups in total. The minimum Gasteiger partial charge on any atom is -0.383 e. The van der Waals surface area contributed by atoms with Crippen LogP contribution in [-0.2, 0) is 6.42 Å². The van der Waals surface area contributed by atoms with E-state index in [1.807, 2.05) is 28.4 Å². The van der Waals surface area contributed by atoms with E-state index in [0.717, 1.165) is 35.8 Å². The van der Waals surface area contributed by atoms with Gasteiger partial charge in [0, 0.05) is 6.20 Å². The molecular formula is C12H17N3S. The van der Waals surface area contributed by atoms with Gasteiger partial charge in [0.1, 0.15) is 11.5 Å². The maximum absolute atomic E-state index is 6.08. The normalized spacial score (nSPS) is 11.1. The lowest BCUT2D eigenvalue weighted by Gasteiger charge is -1.98. The van der Waals surface area contributed by atoms with E-state index >= 15 is 0 Å². The van der Waals surface area contributed by atoms with Crippen molar-refractivity contribution >= 4 is 23.2 Å². The lowest BCUT2D eigenvalue weighted by molar-refractivity contribution is 0.908. The molecule has 2 heterocycles. The van der Waals surface area contributed by atoms with Crippen LogP contribution < -0.4 is 5.73 Å². The van der Waals surface area contributed by atoms with Gasteiger partial charge in [0.25, 0.3) is 0 Å². The second kappa shape index (κ2) is 4.78. The van der Waals surface area contributed by atoms with E-state index in [4.69, 9.17) is 5.73 Å². The Morgan fingerprint density at radius 3 is 3.00 bits per heavy atom. The molecule has 16 heavy (non-hydrogen) atoms. The Hall–Kier alpha value is -1.16. The molecule has 0 atom stereocenters. The van der Waals surface area contributed by atoms with E-state index in [1.165, 1.54) is 5.56 Å². The van der Waals surface area contributed by atoms with Gasteiger partial charge in [0.15, 0.2) is 0 Å². The number of hydrogen-bond donors (Lipinski definition) is 1. The van der Waals surface area contributed by atoms with Crippen molar-refractivity contribution < 1.29 is 0 Å². The molecule has 0 bridgehead atoms. The van der Waals surface area contributed by atoms with Gasteiger partial charge in [-0.3, -0.25) is 4.40 Å². The molecule has 2 aromatic rings. The summed E-state index contributed by atoms with van der Waals surface area (Å²) in [6.07, 6.45) is 6.20. The number of rotatable bonds is 4. The van der Waals surface area contributed by atoms with Crippen LogP contribution in [0.15, 0.2) is 18.3 Å². The third kappa shape index (κ3) is 2.02. The Morgan fingerprint density at radius 2 is 2.31 bits per heavy atom. The fourth-order valence-electron chi connectivity index (χ4n) is 1.84. The maximum Gasteiger partial charge on any atom is 0.141 e. The number of nitrogens with two attached hydrogens (primary N) is 1. The van der Waals surface area contributed by atoms with E-state index in [2.05, 4.69) is 24.2 Å². The van der Waals surface area contributed by atoms with E-state index in [1.54, 1.807) is 0 Å². The molecule has 0 amide bonds. The van der Waals surface area contributed by atoms with Crippen molar-refractivity contribution in [2.24, 2.45) is 0 Å². The molecule has 0 aromatic carbocycles. The molecule has 0 radical (unpaired) electrons. The standard InChI is InChI=1S/C12H17N3S/c1-9-5-3-7-15-11(13)10(14-12(9)15)6-4-8-16-2/h3,5,7H,4,6,8,13H2,1-2H3. The summed E-state index contributed by atoms with van der Waals surface area (Å²) in [7, 11) is 0. The number of hydrogen-bond acceptors (Lipinski definition) is 3. The molecule has 3 nitrogen and oxygen atoms in total. The first-order valence-electron chi connectivity index (χ1n) is 5.45. The van der Waals surface area contributed by atoms with Crippen molar-refractivity contribution in [2.75, 3.05) is 17.7 Å². The molecule has 0 fully saturated rings. The zero-order chi connectivity index (χ0) is 11.5. The molecule has 86 valence electrons. The number of anilines is 1. The molecule has 0 saturated carbocycles. The van der Waals surface area contributed by atoms with Gasteiger partial charge in [0.2, 0.25) is 0 Å². The van der Waals surface area contributed by atoms with Crippen LogP contribution >= 0.6 is 11.8 Å². The average Bonchev–Trinajstić information content (AvgIpc) is 2.59. The van der Waals surface area contributed by atoms with E-state index in [-0.39, 0.29) is 0 Å². The van der Waals surface area contributed by atoms with Gasteiger partial charge in [-0.2, -0.15) is 11.8 Å². The fraction of sp³-hybridized carbons (Fsp3) is 0.417. The first-order chi connectivity index (χ1) is 7.74. The van der Waals surface area contributed by atoms with E-state index < -0.39 is 0 Å². The van der Waals surface area contributed by atoms with Crippen molar-refractivity contribution in [3.8, 4) is 0 Å². The second-order valence-corrected chi connectivity index (χ2v) is 4.91. The minimum absolute atomic E-state index is 0.791. The Morgan fingerprint density at radius 1 is 1.50 bits per heavy atom. The molecule has 2 rings (SSSR count). The zero-order valence-corrected chi connectivity index (χ0v) is 10.5. The largest absolute Gasteiger partial charge is 0.383 e. The molecule has 0 aliphatic carbocycles. The first kappa shape index (κ1) is 11.3. The smallest absolute Gasteiger partial charge is 0.141 e. The maximum atomic E-state index is 6.08. The predicted octanol–water partition coefficient (Wildman–Crippen LogP) is 2.52. The summed E-state index contributed by atoms with van der Waals surface area (Å²) in [5.74, 6) is 1.95. The third-order valence-electron chi connectivity index (χ3n) is 2.72. The quantitative estimate of drug-likeness (QED) is 0.828. The SMILES string of the molecule is CSCCCc1nc2c(C)cccn2c1N. The monoisotopic (exact) mass is 235 g/mol. The van der Waals surface area contributed by atoms with Crippen LogP contribution in [0, 0.1) is 6.92 Å². The van der Waals surface area contributed by atoms with Gasteiger partial charge in [-0.15, -0.1) is 0 Å². The van der Waals surface area contributed by atoms with Gasteiger partial charge >= 0.3 is 0 Å². The van der Waals surface area contributed by atoms with Crippen LogP contribution in [0.1, 0.15) is 17.7 Å². The highest BCUT2D eigenvalue weighted by molar-refractivity contribution is 7.98. The van der Waals surface area contributed by atoms with E-state index in [0.29, 0.717) is 0 Å². The molecule has 0 unspecified atom stereocenters. The van der Waals surface area contributed by atoms with Crippen LogP contribution in [-0.4, -0.2) is 21.4 Å². The zero-order valence-electron chi connectivity index (χ0n) is 9.73. The Labute approximate surface area is 100 Å². The summed E-state index contributed by atoms with van der Waals surface area (Å²) in [5.41, 5.74) is 9.27. The Bertz CT molecular complexity index is 490. The number of fused-ring (bicyclic) bond motifs is 1. The van der Waals surface area contributed by atoms with Gasteiger partial charge in [0.05, 0.1) is 5.69 Å². The van der Waals surface area contributed by atoms with E-state index in [9.17, 15) is 0 Å². The highest BCUT2D eigenvalue weighted by atomic mass is 32.2. The summed E-state index contributed by atoms with van der Waals surface area (Å²) in [5, 5.41) is 0. The molecule has 4 heteroatoms. The number of imidazole rings is 1. The number of aromatic nitrogens is 2. The first-order valence-corrected chi connectivity index (χ1v) is 6.84. The second-order valence-electron chi connectivity index (χ2n) is 3.92. The summed E-state index contributed by atoms with van der Waals surface area (Å²) in [4.78, 5) is 4.61. The highest BCUT2D eigenvalue weighted by Crippen LogP contribution is 2.19. The van der Waals surface area contributed by atoms with Crippen LogP contribution in [0.25, 0.3) is 5.65 Å². The molecule has 0 aliphatic rings. The highest BCUT2D eigenvalue weighted by Gasteiger charge is 2.09. The molecule has 2 aromatic heterocycles. The number of thioether (sulfide) groups is 1. The topological polar surface area (TPSA) is 43.3 Å². The number of aryl methyl sites for hydroxylation is 2.